The van der Waals surface area contributed by atoms with Crippen molar-refractivity contribution < 1.29 is 9.53 Å². The summed E-state index contributed by atoms with van der Waals surface area (Å²) in [6.07, 6.45) is 1.94. The lowest BCUT2D eigenvalue weighted by Gasteiger charge is -2.45. The summed E-state index contributed by atoms with van der Waals surface area (Å²) in [5, 5.41) is 1.39. The average molecular weight is 434 g/mol. The number of benzene rings is 1. The molecule has 1 aromatic carbocycles. The predicted octanol–water partition coefficient (Wildman–Crippen LogP) is 4.37. The molecule has 2 aliphatic rings. The second-order valence-corrected chi connectivity index (χ2v) is 8.65. The van der Waals surface area contributed by atoms with E-state index in [1.165, 1.54) is 22.0 Å². The van der Waals surface area contributed by atoms with E-state index in [4.69, 9.17) is 4.74 Å². The highest BCUT2D eigenvalue weighted by molar-refractivity contribution is 9.10. The standard InChI is InChI=1S/C21H28BrN3O2/c1-4-25(5-2)21(26)27-12-13-9-15-14-7-6-8-17-19(14)16(20(22)23-17)10-18(15)24(3)11-13/h6-8,13,15,18,23H,4-5,9-12H2,1-3H3/t13-,15?,18-/m1/s1. The number of amides is 1. The molecule has 4 rings (SSSR count). The van der Waals surface area contributed by atoms with E-state index in [1.807, 2.05) is 13.8 Å². The number of carbonyl (C=O) groups is 1. The molecule has 6 heteroatoms. The summed E-state index contributed by atoms with van der Waals surface area (Å²) in [5.41, 5.74) is 4.05. The van der Waals surface area contributed by atoms with E-state index in [2.05, 4.69) is 51.1 Å². The van der Waals surface area contributed by atoms with Gasteiger partial charge in [0.1, 0.15) is 0 Å². The first-order chi connectivity index (χ1) is 13.0. The van der Waals surface area contributed by atoms with Crippen molar-refractivity contribution in [2.75, 3.05) is 33.3 Å². The third-order valence-electron chi connectivity index (χ3n) is 6.35. The summed E-state index contributed by atoms with van der Waals surface area (Å²) in [7, 11) is 2.21. The highest BCUT2D eigenvalue weighted by atomic mass is 79.9. The van der Waals surface area contributed by atoms with Crippen LogP contribution in [0.3, 0.4) is 0 Å². The van der Waals surface area contributed by atoms with Gasteiger partial charge in [-0.3, -0.25) is 0 Å². The maximum atomic E-state index is 12.2. The van der Waals surface area contributed by atoms with Crippen LogP contribution >= 0.6 is 15.9 Å². The molecule has 0 bridgehead atoms. The minimum absolute atomic E-state index is 0.188. The molecule has 1 aliphatic heterocycles. The van der Waals surface area contributed by atoms with Gasteiger partial charge in [0.15, 0.2) is 0 Å². The summed E-state index contributed by atoms with van der Waals surface area (Å²) >= 11 is 3.72. The number of aromatic nitrogens is 1. The zero-order valence-corrected chi connectivity index (χ0v) is 17.9. The summed E-state index contributed by atoms with van der Waals surface area (Å²) < 4.78 is 6.76. The van der Waals surface area contributed by atoms with E-state index in [9.17, 15) is 4.79 Å². The fraction of sp³-hybridized carbons (Fsp3) is 0.571. The molecule has 1 aliphatic carbocycles. The fourth-order valence-corrected chi connectivity index (χ4v) is 5.55. The Labute approximate surface area is 169 Å². The molecule has 2 heterocycles. The zero-order valence-electron chi connectivity index (χ0n) is 16.3. The molecule has 1 N–H and O–H groups in total. The van der Waals surface area contributed by atoms with Gasteiger partial charge in [0.2, 0.25) is 0 Å². The topological polar surface area (TPSA) is 48.6 Å². The number of fused-ring (bicyclic) bond motifs is 2. The molecule has 1 saturated heterocycles. The Morgan fingerprint density at radius 3 is 2.89 bits per heavy atom. The maximum absolute atomic E-state index is 12.2. The number of ether oxygens (including phenoxy) is 1. The van der Waals surface area contributed by atoms with Crippen LogP contribution in [0, 0.1) is 5.92 Å². The number of piperidine rings is 1. The fourth-order valence-electron chi connectivity index (χ4n) is 4.98. The molecule has 1 fully saturated rings. The Morgan fingerprint density at radius 2 is 2.15 bits per heavy atom. The van der Waals surface area contributed by atoms with Crippen molar-refractivity contribution >= 4 is 32.9 Å². The Morgan fingerprint density at radius 1 is 1.37 bits per heavy atom. The molecule has 146 valence electrons. The molecule has 2 aromatic rings. The van der Waals surface area contributed by atoms with Crippen molar-refractivity contribution in [3.63, 3.8) is 0 Å². The number of nitrogens with zero attached hydrogens (tertiary/aromatic N) is 2. The van der Waals surface area contributed by atoms with Crippen LogP contribution in [0.25, 0.3) is 10.9 Å². The summed E-state index contributed by atoms with van der Waals surface area (Å²) in [4.78, 5) is 19.9. The third kappa shape index (κ3) is 3.27. The Bertz CT molecular complexity index is 845. The SMILES string of the molecule is CCN(CC)C(=O)OC[C@@H]1CC2c3cccc4[nH]c(Br)c(c34)C[C@H]2N(C)C1. The van der Waals surface area contributed by atoms with Crippen LogP contribution in [0.1, 0.15) is 37.3 Å². The zero-order chi connectivity index (χ0) is 19.1. The first-order valence-electron chi connectivity index (χ1n) is 9.94. The lowest BCUT2D eigenvalue weighted by molar-refractivity contribution is 0.0483. The smallest absolute Gasteiger partial charge is 0.409 e. The molecule has 5 nitrogen and oxygen atoms in total. The Balaban J connectivity index is 1.54. The number of carbonyl (C=O) groups excluding carboxylic acids is 1. The van der Waals surface area contributed by atoms with Crippen molar-refractivity contribution in [3.05, 3.63) is 33.9 Å². The number of hydrogen-bond acceptors (Lipinski definition) is 3. The third-order valence-corrected chi connectivity index (χ3v) is 7.03. The Kier molecular flexibility index (Phi) is 5.21. The van der Waals surface area contributed by atoms with Crippen LogP contribution in [0.4, 0.5) is 4.79 Å². The second kappa shape index (κ2) is 7.47. The van der Waals surface area contributed by atoms with E-state index in [1.54, 1.807) is 4.90 Å². The quantitative estimate of drug-likeness (QED) is 0.778. The summed E-state index contributed by atoms with van der Waals surface area (Å²) in [6.45, 7) is 6.83. The highest BCUT2D eigenvalue weighted by Crippen LogP contribution is 2.46. The highest BCUT2D eigenvalue weighted by Gasteiger charge is 2.40. The van der Waals surface area contributed by atoms with E-state index >= 15 is 0 Å². The van der Waals surface area contributed by atoms with Gasteiger partial charge < -0.3 is 19.5 Å². The lowest BCUT2D eigenvalue weighted by Crippen LogP contribution is -2.49. The number of likely N-dealkylation sites (N-methyl/N-ethyl adjacent to an activating group) is 1. The molecule has 27 heavy (non-hydrogen) atoms. The van der Waals surface area contributed by atoms with Crippen LogP contribution in [-0.4, -0.2) is 60.2 Å². The number of aromatic amines is 1. The van der Waals surface area contributed by atoms with Gasteiger partial charge in [-0.05, 0) is 66.9 Å². The van der Waals surface area contributed by atoms with Crippen LogP contribution in [-0.2, 0) is 11.2 Å². The average Bonchev–Trinajstić information content (AvgIpc) is 2.99. The summed E-state index contributed by atoms with van der Waals surface area (Å²) in [6, 6.07) is 7.09. The number of rotatable bonds is 4. The van der Waals surface area contributed by atoms with Gasteiger partial charge in [-0.2, -0.15) is 0 Å². The largest absolute Gasteiger partial charge is 0.449 e. The van der Waals surface area contributed by atoms with Gasteiger partial charge in [-0.15, -0.1) is 0 Å². The van der Waals surface area contributed by atoms with Gasteiger partial charge in [0.05, 0.1) is 11.2 Å². The van der Waals surface area contributed by atoms with Gasteiger partial charge >= 0.3 is 6.09 Å². The van der Waals surface area contributed by atoms with E-state index in [0.717, 1.165) is 24.0 Å². The number of hydrogen-bond donors (Lipinski definition) is 1. The number of likely N-dealkylation sites (tertiary alicyclic amines) is 1. The molecular weight excluding hydrogens is 406 g/mol. The van der Waals surface area contributed by atoms with Crippen LogP contribution in [0.2, 0.25) is 0 Å². The normalized spacial score (nSPS) is 24.7. The van der Waals surface area contributed by atoms with E-state index in [0.29, 0.717) is 37.6 Å². The molecule has 0 spiro atoms. The molecule has 0 saturated carbocycles. The van der Waals surface area contributed by atoms with E-state index < -0.39 is 0 Å². The first kappa shape index (κ1) is 18.8. The summed E-state index contributed by atoms with van der Waals surface area (Å²) in [5.74, 6) is 0.856. The van der Waals surface area contributed by atoms with Gasteiger partial charge in [-0.25, -0.2) is 4.79 Å². The van der Waals surface area contributed by atoms with Crippen molar-refractivity contribution in [1.29, 1.82) is 0 Å². The minimum Gasteiger partial charge on any atom is -0.449 e. The van der Waals surface area contributed by atoms with Gasteiger partial charge in [-0.1, -0.05) is 12.1 Å². The molecular formula is C21H28BrN3O2. The number of nitrogens with one attached hydrogen (secondary N) is 1. The number of H-pyrrole nitrogens is 1. The minimum atomic E-state index is -0.188. The van der Waals surface area contributed by atoms with Crippen LogP contribution in [0.5, 0.6) is 0 Å². The van der Waals surface area contributed by atoms with Crippen LogP contribution in [0.15, 0.2) is 22.8 Å². The van der Waals surface area contributed by atoms with E-state index in [-0.39, 0.29) is 6.09 Å². The second-order valence-electron chi connectivity index (χ2n) is 7.86. The lowest BCUT2D eigenvalue weighted by atomic mass is 9.72. The Hall–Kier alpha value is -1.53. The molecule has 3 atom stereocenters. The van der Waals surface area contributed by atoms with Gasteiger partial charge in [0, 0.05) is 48.4 Å². The first-order valence-corrected chi connectivity index (χ1v) is 10.7. The monoisotopic (exact) mass is 433 g/mol. The van der Waals surface area contributed by atoms with Crippen molar-refractivity contribution in [1.82, 2.24) is 14.8 Å². The molecule has 1 amide bonds. The van der Waals surface area contributed by atoms with Crippen LogP contribution < -0.4 is 0 Å². The predicted molar refractivity (Wildman–Crippen MR) is 111 cm³/mol. The molecule has 1 unspecified atom stereocenters. The van der Waals surface area contributed by atoms with Crippen molar-refractivity contribution in [2.45, 2.75) is 38.6 Å². The maximum Gasteiger partial charge on any atom is 0.409 e. The molecule has 1 aromatic heterocycles. The van der Waals surface area contributed by atoms with Crippen molar-refractivity contribution in [2.24, 2.45) is 5.92 Å². The number of halogens is 1. The van der Waals surface area contributed by atoms with Gasteiger partial charge in [0.25, 0.3) is 0 Å². The van der Waals surface area contributed by atoms with Crippen molar-refractivity contribution in [3.8, 4) is 0 Å². The molecule has 0 radical (unpaired) electrons.